The Morgan fingerprint density at radius 3 is 2.45 bits per heavy atom. The highest BCUT2D eigenvalue weighted by Gasteiger charge is 2.36. The van der Waals surface area contributed by atoms with Gasteiger partial charge in [0, 0.05) is 24.9 Å². The summed E-state index contributed by atoms with van der Waals surface area (Å²) in [5.74, 6) is -0.244. The average molecular weight is 441 g/mol. The van der Waals surface area contributed by atoms with Gasteiger partial charge in [-0.2, -0.15) is 13.2 Å². The molecule has 0 saturated carbocycles. The molecule has 1 saturated heterocycles. The first-order chi connectivity index (χ1) is 14.8. The van der Waals surface area contributed by atoms with Crippen LogP contribution in [0.2, 0.25) is 0 Å². The first kappa shape index (κ1) is 22.9. The molecule has 1 aliphatic rings. The number of ether oxygens (including phenoxy) is 2. The molecule has 2 atom stereocenters. The third-order valence-electron chi connectivity index (χ3n) is 5.06. The van der Waals surface area contributed by atoms with Crippen molar-refractivity contribution in [2.75, 3.05) is 37.9 Å². The Labute approximate surface area is 177 Å². The SMILES string of the molecule is CCOC(=O)c1cnc(N2CC(c3ccc(C(F)(F)F)cc3)C[C@H]2COCCF)nc1. The third kappa shape index (κ3) is 5.69. The number of anilines is 1. The minimum atomic E-state index is -4.39. The van der Waals surface area contributed by atoms with Crippen molar-refractivity contribution in [3.8, 4) is 0 Å². The molecule has 0 N–H and O–H groups in total. The summed E-state index contributed by atoms with van der Waals surface area (Å²) < 4.78 is 61.3. The lowest BCUT2D eigenvalue weighted by Crippen LogP contribution is -2.34. The Balaban J connectivity index is 1.78. The molecular weight excluding hydrogens is 418 g/mol. The molecule has 0 amide bonds. The van der Waals surface area contributed by atoms with Gasteiger partial charge in [-0.05, 0) is 31.0 Å². The molecule has 1 fully saturated rings. The van der Waals surface area contributed by atoms with E-state index < -0.39 is 24.4 Å². The van der Waals surface area contributed by atoms with E-state index in [1.807, 2.05) is 4.90 Å². The van der Waals surface area contributed by atoms with Crippen LogP contribution >= 0.6 is 0 Å². The zero-order valence-electron chi connectivity index (χ0n) is 16.9. The summed E-state index contributed by atoms with van der Waals surface area (Å²) in [7, 11) is 0. The third-order valence-corrected chi connectivity index (χ3v) is 5.06. The Bertz CT molecular complexity index is 860. The van der Waals surface area contributed by atoms with Crippen molar-refractivity contribution in [1.82, 2.24) is 9.97 Å². The Kier molecular flexibility index (Phi) is 7.42. The number of halogens is 4. The predicted octanol–water partition coefficient (Wildman–Crippen LogP) is 4.02. The molecule has 1 aliphatic heterocycles. The average Bonchev–Trinajstić information content (AvgIpc) is 3.18. The van der Waals surface area contributed by atoms with Crippen LogP contribution in [-0.4, -0.2) is 55.0 Å². The molecular formula is C21H23F4N3O3. The van der Waals surface area contributed by atoms with Crippen LogP contribution < -0.4 is 4.90 Å². The van der Waals surface area contributed by atoms with E-state index in [9.17, 15) is 22.4 Å². The van der Waals surface area contributed by atoms with Gasteiger partial charge >= 0.3 is 12.1 Å². The molecule has 1 aromatic heterocycles. The first-order valence-electron chi connectivity index (χ1n) is 9.90. The van der Waals surface area contributed by atoms with Gasteiger partial charge < -0.3 is 14.4 Å². The molecule has 0 radical (unpaired) electrons. The number of rotatable bonds is 8. The second kappa shape index (κ2) is 10.0. The van der Waals surface area contributed by atoms with Crippen molar-refractivity contribution in [3.05, 3.63) is 53.3 Å². The summed E-state index contributed by atoms with van der Waals surface area (Å²) in [6.45, 7) is 1.95. The van der Waals surface area contributed by atoms with Gasteiger partial charge in [-0.25, -0.2) is 19.2 Å². The minimum Gasteiger partial charge on any atom is -0.462 e. The summed E-state index contributed by atoms with van der Waals surface area (Å²) in [6, 6.07) is 4.89. The van der Waals surface area contributed by atoms with Gasteiger partial charge in [0.15, 0.2) is 0 Å². The first-order valence-corrected chi connectivity index (χ1v) is 9.90. The molecule has 1 unspecified atom stereocenters. The van der Waals surface area contributed by atoms with Gasteiger partial charge in [0.25, 0.3) is 0 Å². The highest BCUT2D eigenvalue weighted by molar-refractivity contribution is 5.88. The number of benzene rings is 1. The molecule has 0 bridgehead atoms. The molecule has 31 heavy (non-hydrogen) atoms. The van der Waals surface area contributed by atoms with Crippen molar-refractivity contribution < 1.29 is 31.8 Å². The van der Waals surface area contributed by atoms with Gasteiger partial charge in [0.2, 0.25) is 5.95 Å². The second-order valence-electron chi connectivity index (χ2n) is 7.11. The van der Waals surface area contributed by atoms with Gasteiger partial charge in [-0.15, -0.1) is 0 Å². The van der Waals surface area contributed by atoms with Gasteiger partial charge in [-0.1, -0.05) is 12.1 Å². The summed E-state index contributed by atoms with van der Waals surface area (Å²) in [5, 5.41) is 0. The molecule has 10 heteroatoms. The highest BCUT2D eigenvalue weighted by atomic mass is 19.4. The van der Waals surface area contributed by atoms with Crippen molar-refractivity contribution in [1.29, 1.82) is 0 Å². The maximum atomic E-state index is 12.8. The molecule has 2 aromatic rings. The standard InChI is InChI=1S/C21H23F4N3O3/c1-2-31-19(29)16-10-26-20(27-11-16)28-12-15(9-18(28)13-30-8-7-22)14-3-5-17(6-4-14)21(23,24)25/h3-6,10-11,15,18H,2,7-9,12-13H2,1H3/t15?,18-/m0/s1. The summed E-state index contributed by atoms with van der Waals surface area (Å²) in [5.41, 5.74) is 0.273. The van der Waals surface area contributed by atoms with E-state index in [-0.39, 0.29) is 37.3 Å². The van der Waals surface area contributed by atoms with Crippen molar-refractivity contribution in [2.24, 2.45) is 0 Å². The van der Waals surface area contributed by atoms with E-state index in [0.717, 1.165) is 17.7 Å². The van der Waals surface area contributed by atoms with Crippen LogP contribution in [0.15, 0.2) is 36.7 Å². The normalized spacial score (nSPS) is 18.9. The summed E-state index contributed by atoms with van der Waals surface area (Å²) in [4.78, 5) is 22.2. The van der Waals surface area contributed by atoms with Gasteiger partial charge in [0.1, 0.15) is 6.67 Å². The smallest absolute Gasteiger partial charge is 0.416 e. The van der Waals surface area contributed by atoms with Crippen LogP contribution in [-0.2, 0) is 15.7 Å². The van der Waals surface area contributed by atoms with Crippen LogP contribution in [0.1, 0.15) is 40.7 Å². The zero-order valence-corrected chi connectivity index (χ0v) is 16.9. The Morgan fingerprint density at radius 1 is 1.19 bits per heavy atom. The van der Waals surface area contributed by atoms with Crippen LogP contribution in [0.4, 0.5) is 23.5 Å². The summed E-state index contributed by atoms with van der Waals surface area (Å²) in [6.07, 6.45) is -1.07. The quantitative estimate of drug-likeness (QED) is 0.350. The van der Waals surface area contributed by atoms with E-state index in [1.54, 1.807) is 6.92 Å². The van der Waals surface area contributed by atoms with Gasteiger partial charge in [-0.3, -0.25) is 0 Å². The van der Waals surface area contributed by atoms with Crippen LogP contribution in [0.25, 0.3) is 0 Å². The number of nitrogens with zero attached hydrogens (tertiary/aromatic N) is 3. The molecule has 0 aliphatic carbocycles. The topological polar surface area (TPSA) is 64.5 Å². The molecule has 168 valence electrons. The molecule has 1 aromatic carbocycles. The van der Waals surface area contributed by atoms with Gasteiger partial charge in [0.05, 0.1) is 37.0 Å². The number of alkyl halides is 4. The van der Waals surface area contributed by atoms with E-state index in [4.69, 9.17) is 9.47 Å². The van der Waals surface area contributed by atoms with Crippen LogP contribution in [0.5, 0.6) is 0 Å². The van der Waals surface area contributed by atoms with E-state index >= 15 is 0 Å². The van der Waals surface area contributed by atoms with Crippen LogP contribution in [0.3, 0.4) is 0 Å². The Hall–Kier alpha value is -2.75. The lowest BCUT2D eigenvalue weighted by molar-refractivity contribution is -0.137. The predicted molar refractivity (Wildman–Crippen MR) is 105 cm³/mol. The summed E-state index contributed by atoms with van der Waals surface area (Å²) >= 11 is 0. The van der Waals surface area contributed by atoms with Crippen LogP contribution in [0, 0.1) is 0 Å². The number of hydrogen-bond acceptors (Lipinski definition) is 6. The lowest BCUT2D eigenvalue weighted by atomic mass is 9.95. The number of carbonyl (C=O) groups is 1. The Morgan fingerprint density at radius 2 is 1.87 bits per heavy atom. The number of aromatic nitrogens is 2. The molecule has 2 heterocycles. The van der Waals surface area contributed by atoms with E-state index in [0.29, 0.717) is 18.9 Å². The lowest BCUT2D eigenvalue weighted by Gasteiger charge is -2.24. The maximum absolute atomic E-state index is 12.8. The molecule has 0 spiro atoms. The fraction of sp³-hybridized carbons (Fsp3) is 0.476. The number of hydrogen-bond donors (Lipinski definition) is 0. The zero-order chi connectivity index (χ0) is 22.4. The largest absolute Gasteiger partial charge is 0.462 e. The molecule has 6 nitrogen and oxygen atoms in total. The second-order valence-corrected chi connectivity index (χ2v) is 7.11. The van der Waals surface area contributed by atoms with E-state index in [2.05, 4.69) is 9.97 Å². The maximum Gasteiger partial charge on any atom is 0.416 e. The molecule has 3 rings (SSSR count). The van der Waals surface area contributed by atoms with Crippen molar-refractivity contribution in [3.63, 3.8) is 0 Å². The van der Waals surface area contributed by atoms with Crippen molar-refractivity contribution >= 4 is 11.9 Å². The highest BCUT2D eigenvalue weighted by Crippen LogP contribution is 2.36. The number of carbonyl (C=O) groups excluding carboxylic acids is 1. The fourth-order valence-corrected chi connectivity index (χ4v) is 3.57. The fourth-order valence-electron chi connectivity index (χ4n) is 3.57. The number of esters is 1. The van der Waals surface area contributed by atoms with Crippen molar-refractivity contribution in [2.45, 2.75) is 31.5 Å². The monoisotopic (exact) mass is 441 g/mol. The van der Waals surface area contributed by atoms with E-state index in [1.165, 1.54) is 24.5 Å². The minimum absolute atomic E-state index is 0.0437.